The molecule has 27 heavy (non-hydrogen) atoms. The topological polar surface area (TPSA) is 91.2 Å². The molecule has 1 aromatic carbocycles. The van der Waals surface area contributed by atoms with Gasteiger partial charge in [-0.05, 0) is 30.9 Å². The fourth-order valence-corrected chi connectivity index (χ4v) is 2.84. The van der Waals surface area contributed by atoms with Gasteiger partial charge in [-0.3, -0.25) is 4.79 Å². The monoisotopic (exact) mass is 385 g/mol. The van der Waals surface area contributed by atoms with Crippen LogP contribution in [0, 0.1) is 5.41 Å². The van der Waals surface area contributed by atoms with Gasteiger partial charge in [0.05, 0.1) is 12.5 Å². The van der Waals surface area contributed by atoms with Crippen molar-refractivity contribution in [2.75, 3.05) is 7.11 Å². The first-order valence-electron chi connectivity index (χ1n) is 8.47. The van der Waals surface area contributed by atoms with Crippen molar-refractivity contribution in [1.29, 1.82) is 0 Å². The predicted octanol–water partition coefficient (Wildman–Crippen LogP) is 3.54. The molecule has 0 saturated carbocycles. The van der Waals surface area contributed by atoms with Crippen LogP contribution in [0.3, 0.4) is 0 Å². The number of para-hydroxylation sites is 1. The van der Waals surface area contributed by atoms with Crippen LogP contribution in [0.1, 0.15) is 43.5 Å². The minimum atomic E-state index is -4.65. The lowest BCUT2D eigenvalue weighted by Crippen LogP contribution is -2.36. The molecule has 0 spiro atoms. The zero-order valence-electron chi connectivity index (χ0n) is 15.2. The summed E-state index contributed by atoms with van der Waals surface area (Å²) in [4.78, 5) is 15.3. The fraction of sp³-hybridized carbons (Fsp3) is 0.500. The molecule has 2 aromatic rings. The Bertz CT molecular complexity index is 776. The Morgan fingerprint density at radius 2 is 1.96 bits per heavy atom. The van der Waals surface area contributed by atoms with Gasteiger partial charge in [0.15, 0.2) is 5.82 Å². The van der Waals surface area contributed by atoms with Crippen LogP contribution in [0.2, 0.25) is 0 Å². The number of primary amides is 1. The third-order valence-electron chi connectivity index (χ3n) is 4.46. The summed E-state index contributed by atoms with van der Waals surface area (Å²) in [6.45, 7) is 1.78. The molecule has 0 saturated heterocycles. The van der Waals surface area contributed by atoms with E-state index in [1.165, 1.54) is 0 Å². The van der Waals surface area contributed by atoms with Crippen LogP contribution >= 0.6 is 0 Å². The third-order valence-corrected chi connectivity index (χ3v) is 4.46. The summed E-state index contributed by atoms with van der Waals surface area (Å²) in [6, 6.07) is 7.38. The van der Waals surface area contributed by atoms with Gasteiger partial charge in [-0.15, -0.1) is 0 Å². The number of carbonyl (C=O) groups is 1. The highest BCUT2D eigenvalue weighted by molar-refractivity contribution is 5.80. The number of aromatic nitrogens is 2. The van der Waals surface area contributed by atoms with E-state index < -0.39 is 23.4 Å². The second-order valence-electron chi connectivity index (χ2n) is 6.63. The summed E-state index contributed by atoms with van der Waals surface area (Å²) in [6.07, 6.45) is -2.46. The van der Waals surface area contributed by atoms with Crippen LogP contribution in [0.5, 0.6) is 5.75 Å². The summed E-state index contributed by atoms with van der Waals surface area (Å²) >= 11 is 0. The lowest BCUT2D eigenvalue weighted by atomic mass is 9.78. The lowest BCUT2D eigenvalue weighted by molar-refractivity contribution is -0.159. The number of methoxy groups -OCH3 is 1. The molecule has 0 fully saturated rings. The fourth-order valence-electron chi connectivity index (χ4n) is 2.84. The first-order valence-corrected chi connectivity index (χ1v) is 8.47. The molecule has 0 aliphatic heterocycles. The standard InChI is InChI=1S/C18H22F3N3O3/c1-17(15(22)25,11-12-7-3-4-8-13(12)26-2)10-6-5-9-14-23-16(27-24-14)18(19,20)21/h3-4,7-8H,5-6,9-11H2,1-2H3,(H2,22,25). The van der Waals surface area contributed by atoms with E-state index in [9.17, 15) is 18.0 Å². The molecular formula is C18H22F3N3O3. The number of hydrogen-bond donors (Lipinski definition) is 1. The molecule has 148 valence electrons. The van der Waals surface area contributed by atoms with E-state index >= 15 is 0 Å². The molecule has 0 bridgehead atoms. The number of ether oxygens (including phenoxy) is 1. The van der Waals surface area contributed by atoms with Crippen LogP contribution in [-0.4, -0.2) is 23.2 Å². The van der Waals surface area contributed by atoms with Gasteiger partial charge in [-0.2, -0.15) is 18.2 Å². The van der Waals surface area contributed by atoms with Crippen molar-refractivity contribution in [3.05, 3.63) is 41.5 Å². The Kier molecular flexibility index (Phi) is 6.45. The molecule has 1 amide bonds. The zero-order valence-corrected chi connectivity index (χ0v) is 15.2. The Morgan fingerprint density at radius 3 is 2.56 bits per heavy atom. The van der Waals surface area contributed by atoms with Gasteiger partial charge >= 0.3 is 12.1 Å². The SMILES string of the molecule is COc1ccccc1CC(C)(CCCCc1noc(C(F)(F)F)n1)C(N)=O. The second-order valence-corrected chi connectivity index (χ2v) is 6.63. The van der Waals surface area contributed by atoms with Crippen molar-refractivity contribution < 1.29 is 27.2 Å². The molecule has 1 aromatic heterocycles. The number of hydrogen-bond acceptors (Lipinski definition) is 5. The van der Waals surface area contributed by atoms with E-state index in [2.05, 4.69) is 14.7 Å². The molecular weight excluding hydrogens is 363 g/mol. The Hall–Kier alpha value is -2.58. The maximum absolute atomic E-state index is 12.4. The number of rotatable bonds is 9. The van der Waals surface area contributed by atoms with E-state index in [-0.39, 0.29) is 12.2 Å². The minimum Gasteiger partial charge on any atom is -0.496 e. The minimum absolute atomic E-state index is 0.00664. The highest BCUT2D eigenvalue weighted by atomic mass is 19.4. The molecule has 1 heterocycles. The van der Waals surface area contributed by atoms with Gasteiger partial charge in [0.25, 0.3) is 0 Å². The highest BCUT2D eigenvalue weighted by Crippen LogP contribution is 2.33. The molecule has 2 rings (SSSR count). The van der Waals surface area contributed by atoms with Crippen molar-refractivity contribution in [3.8, 4) is 5.75 Å². The van der Waals surface area contributed by atoms with Crippen LogP contribution in [-0.2, 0) is 23.8 Å². The molecule has 1 unspecified atom stereocenters. The van der Waals surface area contributed by atoms with Gasteiger partial charge in [0.1, 0.15) is 5.75 Å². The average molecular weight is 385 g/mol. The number of aryl methyl sites for hydroxylation is 1. The summed E-state index contributed by atoms with van der Waals surface area (Å²) in [5.41, 5.74) is 5.68. The van der Waals surface area contributed by atoms with Crippen LogP contribution < -0.4 is 10.5 Å². The number of alkyl halides is 3. The Labute approximate surface area is 154 Å². The van der Waals surface area contributed by atoms with Crippen LogP contribution in [0.4, 0.5) is 13.2 Å². The lowest BCUT2D eigenvalue weighted by Gasteiger charge is -2.27. The largest absolute Gasteiger partial charge is 0.496 e. The molecule has 9 heteroatoms. The van der Waals surface area contributed by atoms with Crippen LogP contribution in [0.25, 0.3) is 0 Å². The number of carbonyl (C=O) groups excluding carboxylic acids is 1. The van der Waals surface area contributed by atoms with Gasteiger partial charge in [0, 0.05) is 6.42 Å². The number of nitrogens with zero attached hydrogens (tertiary/aromatic N) is 2. The molecule has 6 nitrogen and oxygen atoms in total. The van der Waals surface area contributed by atoms with E-state index in [4.69, 9.17) is 10.5 Å². The van der Waals surface area contributed by atoms with Crippen molar-refractivity contribution in [2.24, 2.45) is 11.1 Å². The van der Waals surface area contributed by atoms with Gasteiger partial charge in [0.2, 0.25) is 5.91 Å². The number of benzene rings is 1. The molecule has 0 radical (unpaired) electrons. The number of halogens is 3. The van der Waals surface area contributed by atoms with Gasteiger partial charge < -0.3 is 15.0 Å². The first-order chi connectivity index (χ1) is 12.7. The molecule has 2 N–H and O–H groups in total. The van der Waals surface area contributed by atoms with E-state index in [0.717, 1.165) is 5.56 Å². The van der Waals surface area contributed by atoms with Crippen molar-refractivity contribution in [2.45, 2.75) is 45.2 Å². The number of amides is 1. The summed E-state index contributed by atoms with van der Waals surface area (Å²) < 4.78 is 46.8. The number of nitrogens with two attached hydrogens (primary N) is 1. The van der Waals surface area contributed by atoms with E-state index in [1.54, 1.807) is 14.0 Å². The quantitative estimate of drug-likeness (QED) is 0.667. The van der Waals surface area contributed by atoms with E-state index in [1.807, 2.05) is 24.3 Å². The summed E-state index contributed by atoms with van der Waals surface area (Å²) in [5, 5.41) is 3.33. The molecule has 0 aliphatic rings. The summed E-state index contributed by atoms with van der Waals surface area (Å²) in [7, 11) is 1.56. The normalized spacial score (nSPS) is 14.0. The van der Waals surface area contributed by atoms with Gasteiger partial charge in [-0.1, -0.05) is 36.7 Å². The van der Waals surface area contributed by atoms with Gasteiger partial charge in [-0.25, -0.2) is 0 Å². The van der Waals surface area contributed by atoms with Crippen molar-refractivity contribution in [1.82, 2.24) is 10.1 Å². The third kappa shape index (κ3) is 5.45. The predicted molar refractivity (Wildman–Crippen MR) is 90.9 cm³/mol. The Morgan fingerprint density at radius 1 is 1.26 bits per heavy atom. The molecule has 0 aliphatic carbocycles. The first kappa shape index (κ1) is 20.7. The van der Waals surface area contributed by atoms with Crippen LogP contribution in [0.15, 0.2) is 28.8 Å². The van der Waals surface area contributed by atoms with Crippen molar-refractivity contribution in [3.63, 3.8) is 0 Å². The number of unbranched alkanes of at least 4 members (excludes halogenated alkanes) is 1. The summed E-state index contributed by atoms with van der Waals surface area (Å²) in [5.74, 6) is -1.12. The van der Waals surface area contributed by atoms with E-state index in [0.29, 0.717) is 31.4 Å². The smallest absolute Gasteiger partial charge is 0.471 e. The second kappa shape index (κ2) is 8.41. The maximum atomic E-state index is 12.4. The maximum Gasteiger partial charge on any atom is 0.471 e. The van der Waals surface area contributed by atoms with Crippen molar-refractivity contribution >= 4 is 5.91 Å². The Balaban J connectivity index is 1.94. The highest BCUT2D eigenvalue weighted by Gasteiger charge is 2.38. The average Bonchev–Trinajstić information content (AvgIpc) is 3.08. The molecule has 1 atom stereocenters. The zero-order chi connectivity index (χ0) is 20.1.